The van der Waals surface area contributed by atoms with E-state index in [4.69, 9.17) is 4.74 Å². The van der Waals surface area contributed by atoms with Crippen LogP contribution in [0.25, 0.3) is 0 Å². The molecular formula is C14H20FNO2. The van der Waals surface area contributed by atoms with Crippen molar-refractivity contribution < 1.29 is 13.9 Å². The molecule has 1 rings (SSSR count). The lowest BCUT2D eigenvalue weighted by Crippen LogP contribution is -2.38. The van der Waals surface area contributed by atoms with Crippen molar-refractivity contribution in [1.82, 2.24) is 4.90 Å². The zero-order chi connectivity index (χ0) is 13.8. The summed E-state index contributed by atoms with van der Waals surface area (Å²) in [5.41, 5.74) is -0.384. The monoisotopic (exact) mass is 253 g/mol. The summed E-state index contributed by atoms with van der Waals surface area (Å²) in [5.74, 6) is 0.389. The summed E-state index contributed by atoms with van der Waals surface area (Å²) in [4.78, 5) is 13.5. The molecule has 1 amide bonds. The number of nitrogens with zero attached hydrogens (tertiary/aromatic N) is 1. The lowest BCUT2D eigenvalue weighted by Gasteiger charge is -2.25. The molecule has 0 N–H and O–H groups in total. The van der Waals surface area contributed by atoms with Crippen molar-refractivity contribution in [3.8, 4) is 5.75 Å². The van der Waals surface area contributed by atoms with E-state index in [-0.39, 0.29) is 17.1 Å². The van der Waals surface area contributed by atoms with Gasteiger partial charge in [-0.2, -0.15) is 0 Å². The number of benzene rings is 1. The Bertz CT molecular complexity index is 395. The van der Waals surface area contributed by atoms with E-state index < -0.39 is 0 Å². The van der Waals surface area contributed by atoms with Crippen LogP contribution in [0.4, 0.5) is 4.39 Å². The second-order valence-corrected chi connectivity index (χ2v) is 5.28. The number of halogens is 1. The first kappa shape index (κ1) is 14.5. The van der Waals surface area contributed by atoms with Gasteiger partial charge in [-0.15, -0.1) is 0 Å². The minimum Gasteiger partial charge on any atom is -0.492 e. The molecule has 0 saturated heterocycles. The molecule has 18 heavy (non-hydrogen) atoms. The number of hydrogen-bond donors (Lipinski definition) is 0. The highest BCUT2D eigenvalue weighted by atomic mass is 19.1. The smallest absolute Gasteiger partial charge is 0.227 e. The number of rotatable bonds is 4. The van der Waals surface area contributed by atoms with Gasteiger partial charge >= 0.3 is 0 Å². The Morgan fingerprint density at radius 3 is 2.33 bits per heavy atom. The highest BCUT2D eigenvalue weighted by Gasteiger charge is 2.24. The van der Waals surface area contributed by atoms with E-state index in [1.54, 1.807) is 24.1 Å². The van der Waals surface area contributed by atoms with Gasteiger partial charge in [-0.3, -0.25) is 4.79 Å². The van der Waals surface area contributed by atoms with Crippen LogP contribution < -0.4 is 4.74 Å². The van der Waals surface area contributed by atoms with Gasteiger partial charge in [-0.25, -0.2) is 4.39 Å². The molecule has 0 aromatic heterocycles. The Balaban J connectivity index is 2.38. The van der Waals surface area contributed by atoms with Crippen LogP contribution in [0.2, 0.25) is 0 Å². The van der Waals surface area contributed by atoms with Gasteiger partial charge in [0, 0.05) is 12.5 Å². The molecular weight excluding hydrogens is 233 g/mol. The Kier molecular flexibility index (Phi) is 4.70. The molecule has 1 aromatic carbocycles. The third-order valence-electron chi connectivity index (χ3n) is 2.50. The van der Waals surface area contributed by atoms with Crippen molar-refractivity contribution in [2.75, 3.05) is 20.2 Å². The van der Waals surface area contributed by atoms with Crippen molar-refractivity contribution in [2.45, 2.75) is 20.8 Å². The first-order valence-electron chi connectivity index (χ1n) is 5.94. The van der Waals surface area contributed by atoms with Crippen molar-refractivity contribution in [2.24, 2.45) is 5.41 Å². The topological polar surface area (TPSA) is 29.5 Å². The molecule has 0 atom stereocenters. The maximum absolute atomic E-state index is 12.7. The van der Waals surface area contributed by atoms with Crippen molar-refractivity contribution in [3.63, 3.8) is 0 Å². The molecule has 0 fully saturated rings. The van der Waals surface area contributed by atoms with E-state index in [2.05, 4.69) is 0 Å². The van der Waals surface area contributed by atoms with Crippen LogP contribution in [0.5, 0.6) is 5.75 Å². The number of ether oxygens (including phenoxy) is 1. The van der Waals surface area contributed by atoms with E-state index in [0.29, 0.717) is 18.9 Å². The quantitative estimate of drug-likeness (QED) is 0.825. The summed E-state index contributed by atoms with van der Waals surface area (Å²) in [7, 11) is 1.75. The molecule has 0 aliphatic carbocycles. The van der Waals surface area contributed by atoms with Crippen LogP contribution in [-0.4, -0.2) is 31.0 Å². The molecule has 0 heterocycles. The second-order valence-electron chi connectivity index (χ2n) is 5.28. The lowest BCUT2D eigenvalue weighted by molar-refractivity contribution is -0.138. The zero-order valence-corrected chi connectivity index (χ0v) is 11.4. The number of likely N-dealkylation sites (N-methyl/N-ethyl adjacent to an activating group) is 1. The van der Waals surface area contributed by atoms with Gasteiger partial charge in [-0.05, 0) is 24.3 Å². The molecule has 0 spiro atoms. The number of carbonyl (C=O) groups excluding carboxylic acids is 1. The first-order chi connectivity index (χ1) is 8.30. The molecule has 0 saturated carbocycles. The predicted octanol–water partition coefficient (Wildman–Crippen LogP) is 2.71. The van der Waals surface area contributed by atoms with Gasteiger partial charge in [-0.1, -0.05) is 20.8 Å². The van der Waals surface area contributed by atoms with Crippen LogP contribution in [-0.2, 0) is 4.79 Å². The molecule has 0 unspecified atom stereocenters. The van der Waals surface area contributed by atoms with Crippen molar-refractivity contribution in [1.29, 1.82) is 0 Å². The maximum atomic E-state index is 12.7. The fourth-order valence-corrected chi connectivity index (χ4v) is 1.51. The van der Waals surface area contributed by atoms with Crippen LogP contribution in [0.3, 0.4) is 0 Å². The minimum absolute atomic E-state index is 0.0743. The third kappa shape index (κ3) is 4.35. The summed E-state index contributed by atoms with van der Waals surface area (Å²) in [6, 6.07) is 5.83. The highest BCUT2D eigenvalue weighted by molar-refractivity contribution is 5.81. The number of amides is 1. The normalized spacial score (nSPS) is 11.2. The SMILES string of the molecule is CN(CCOc1ccc(F)cc1)C(=O)C(C)(C)C. The average molecular weight is 253 g/mol. The van der Waals surface area contributed by atoms with E-state index in [1.807, 2.05) is 20.8 Å². The number of hydrogen-bond acceptors (Lipinski definition) is 2. The van der Waals surface area contributed by atoms with Crippen molar-refractivity contribution >= 4 is 5.91 Å². The van der Waals surface area contributed by atoms with E-state index >= 15 is 0 Å². The summed E-state index contributed by atoms with van der Waals surface area (Å²) in [5, 5.41) is 0. The van der Waals surface area contributed by atoms with E-state index in [9.17, 15) is 9.18 Å². The molecule has 4 heteroatoms. The van der Waals surface area contributed by atoms with E-state index in [1.165, 1.54) is 12.1 Å². The summed E-state index contributed by atoms with van der Waals surface area (Å²) >= 11 is 0. The first-order valence-corrected chi connectivity index (χ1v) is 5.94. The lowest BCUT2D eigenvalue weighted by atomic mass is 9.95. The summed E-state index contributed by atoms with van der Waals surface area (Å²) in [6.07, 6.45) is 0. The highest BCUT2D eigenvalue weighted by Crippen LogP contribution is 2.16. The second kappa shape index (κ2) is 5.85. The van der Waals surface area contributed by atoms with Gasteiger partial charge in [0.1, 0.15) is 18.2 Å². The maximum Gasteiger partial charge on any atom is 0.227 e. The fraction of sp³-hybridized carbons (Fsp3) is 0.500. The fourth-order valence-electron chi connectivity index (χ4n) is 1.51. The van der Waals surface area contributed by atoms with Crippen LogP contribution >= 0.6 is 0 Å². The van der Waals surface area contributed by atoms with Gasteiger partial charge in [0.15, 0.2) is 0 Å². The van der Waals surface area contributed by atoms with Crippen molar-refractivity contribution in [3.05, 3.63) is 30.1 Å². The summed E-state index contributed by atoms with van der Waals surface area (Å²) < 4.78 is 18.1. The molecule has 0 radical (unpaired) electrons. The third-order valence-corrected chi connectivity index (χ3v) is 2.50. The number of carbonyl (C=O) groups is 1. The molecule has 100 valence electrons. The molecule has 0 bridgehead atoms. The van der Waals surface area contributed by atoms with Gasteiger partial charge in [0.25, 0.3) is 0 Å². The van der Waals surface area contributed by atoms with Gasteiger partial charge < -0.3 is 9.64 Å². The summed E-state index contributed by atoms with van der Waals surface area (Å²) in [6.45, 7) is 6.55. The Labute approximate surface area is 108 Å². The molecule has 0 aliphatic heterocycles. The standard InChI is InChI=1S/C14H20FNO2/c1-14(2,3)13(17)16(4)9-10-18-12-7-5-11(15)6-8-12/h5-8H,9-10H2,1-4H3. The minimum atomic E-state index is -0.384. The largest absolute Gasteiger partial charge is 0.492 e. The average Bonchev–Trinajstić information content (AvgIpc) is 2.29. The Morgan fingerprint density at radius 1 is 1.28 bits per heavy atom. The van der Waals surface area contributed by atoms with Crippen LogP contribution in [0.1, 0.15) is 20.8 Å². The molecule has 3 nitrogen and oxygen atoms in total. The van der Waals surface area contributed by atoms with Gasteiger partial charge in [0.05, 0.1) is 6.54 Å². The van der Waals surface area contributed by atoms with Crippen LogP contribution in [0.15, 0.2) is 24.3 Å². The van der Waals surface area contributed by atoms with Crippen LogP contribution in [0, 0.1) is 11.2 Å². The van der Waals surface area contributed by atoms with Gasteiger partial charge in [0.2, 0.25) is 5.91 Å². The molecule has 0 aliphatic rings. The molecule has 1 aromatic rings. The van der Waals surface area contributed by atoms with E-state index in [0.717, 1.165) is 0 Å². The zero-order valence-electron chi connectivity index (χ0n) is 11.4. The predicted molar refractivity (Wildman–Crippen MR) is 69.0 cm³/mol. The Hall–Kier alpha value is -1.58. The Morgan fingerprint density at radius 2 is 1.83 bits per heavy atom.